The van der Waals surface area contributed by atoms with Crippen molar-refractivity contribution in [1.82, 2.24) is 10.3 Å². The Morgan fingerprint density at radius 3 is 2.89 bits per heavy atom. The third-order valence-corrected chi connectivity index (χ3v) is 3.35. The molecule has 1 saturated heterocycles. The van der Waals surface area contributed by atoms with Gasteiger partial charge in [-0.2, -0.15) is 0 Å². The number of benzene rings is 1. The molecule has 1 aliphatic heterocycles. The number of nitrogens with one attached hydrogen (secondary N) is 1. The summed E-state index contributed by atoms with van der Waals surface area (Å²) in [5.41, 5.74) is 1.20. The number of carbonyl (C=O) groups is 1. The molecule has 1 fully saturated rings. The summed E-state index contributed by atoms with van der Waals surface area (Å²) < 4.78 is 5.68. The SMILES string of the molecule is O=C(O)c1cccc2nc(C3CCNCC3)oc12. The number of hydrogen-bond donors (Lipinski definition) is 2. The van der Waals surface area contributed by atoms with E-state index in [1.165, 1.54) is 0 Å². The molecule has 5 heteroatoms. The Bertz CT molecular complexity index is 585. The summed E-state index contributed by atoms with van der Waals surface area (Å²) >= 11 is 0. The summed E-state index contributed by atoms with van der Waals surface area (Å²) in [6.45, 7) is 1.91. The fourth-order valence-electron chi connectivity index (χ4n) is 2.38. The first-order chi connectivity index (χ1) is 8.75. The second kappa shape index (κ2) is 4.42. The van der Waals surface area contributed by atoms with Gasteiger partial charge in [0.1, 0.15) is 11.1 Å². The van der Waals surface area contributed by atoms with Gasteiger partial charge in [-0.25, -0.2) is 9.78 Å². The molecule has 2 heterocycles. The van der Waals surface area contributed by atoms with Crippen molar-refractivity contribution in [2.24, 2.45) is 0 Å². The van der Waals surface area contributed by atoms with Gasteiger partial charge in [-0.15, -0.1) is 0 Å². The van der Waals surface area contributed by atoms with Gasteiger partial charge in [0, 0.05) is 5.92 Å². The molecule has 0 amide bonds. The van der Waals surface area contributed by atoms with Crippen molar-refractivity contribution in [3.63, 3.8) is 0 Å². The van der Waals surface area contributed by atoms with E-state index in [9.17, 15) is 4.79 Å². The fourth-order valence-corrected chi connectivity index (χ4v) is 2.38. The summed E-state index contributed by atoms with van der Waals surface area (Å²) in [4.78, 5) is 15.5. The summed E-state index contributed by atoms with van der Waals surface area (Å²) in [6, 6.07) is 5.03. The molecule has 18 heavy (non-hydrogen) atoms. The van der Waals surface area contributed by atoms with E-state index in [2.05, 4.69) is 10.3 Å². The number of rotatable bonds is 2. The summed E-state index contributed by atoms with van der Waals surface area (Å²) in [5, 5.41) is 12.4. The Kier molecular flexibility index (Phi) is 2.76. The van der Waals surface area contributed by atoms with Gasteiger partial charge in [0.25, 0.3) is 0 Å². The minimum Gasteiger partial charge on any atom is -0.478 e. The van der Waals surface area contributed by atoms with Crippen LogP contribution in [0.5, 0.6) is 0 Å². The highest BCUT2D eigenvalue weighted by molar-refractivity contribution is 5.99. The van der Waals surface area contributed by atoms with E-state index in [4.69, 9.17) is 9.52 Å². The van der Waals surface area contributed by atoms with Crippen LogP contribution in [0.25, 0.3) is 11.1 Å². The van der Waals surface area contributed by atoms with Crippen LogP contribution in [0.1, 0.15) is 35.0 Å². The Morgan fingerprint density at radius 2 is 2.17 bits per heavy atom. The molecular weight excluding hydrogens is 232 g/mol. The molecule has 1 aliphatic rings. The lowest BCUT2D eigenvalue weighted by Crippen LogP contribution is -2.26. The highest BCUT2D eigenvalue weighted by atomic mass is 16.4. The van der Waals surface area contributed by atoms with Gasteiger partial charge in [-0.1, -0.05) is 6.07 Å². The number of hydrogen-bond acceptors (Lipinski definition) is 4. The zero-order valence-electron chi connectivity index (χ0n) is 9.85. The first-order valence-corrected chi connectivity index (χ1v) is 6.09. The molecule has 0 saturated carbocycles. The zero-order valence-corrected chi connectivity index (χ0v) is 9.85. The van der Waals surface area contributed by atoms with Crippen molar-refractivity contribution in [3.05, 3.63) is 29.7 Å². The zero-order chi connectivity index (χ0) is 12.5. The smallest absolute Gasteiger partial charge is 0.339 e. The van der Waals surface area contributed by atoms with Crippen molar-refractivity contribution in [2.45, 2.75) is 18.8 Å². The minimum atomic E-state index is -0.978. The van der Waals surface area contributed by atoms with Crippen molar-refractivity contribution >= 4 is 17.1 Å². The number of oxazole rings is 1. The second-order valence-electron chi connectivity index (χ2n) is 4.54. The minimum absolute atomic E-state index is 0.181. The van der Waals surface area contributed by atoms with Gasteiger partial charge in [0.15, 0.2) is 11.5 Å². The Hall–Kier alpha value is -1.88. The molecule has 1 aromatic carbocycles. The summed E-state index contributed by atoms with van der Waals surface area (Å²) in [7, 11) is 0. The molecule has 1 aromatic heterocycles. The lowest BCUT2D eigenvalue weighted by Gasteiger charge is -2.19. The number of para-hydroxylation sites is 1. The van der Waals surface area contributed by atoms with E-state index in [0.717, 1.165) is 25.9 Å². The third kappa shape index (κ3) is 1.86. The highest BCUT2D eigenvalue weighted by Gasteiger charge is 2.22. The Labute approximate surface area is 104 Å². The maximum absolute atomic E-state index is 11.1. The van der Waals surface area contributed by atoms with E-state index < -0.39 is 5.97 Å². The molecule has 2 N–H and O–H groups in total. The fraction of sp³-hybridized carbons (Fsp3) is 0.385. The average molecular weight is 246 g/mol. The molecule has 2 aromatic rings. The Morgan fingerprint density at radius 1 is 1.39 bits per heavy atom. The van der Waals surface area contributed by atoms with E-state index in [1.807, 2.05) is 0 Å². The molecule has 0 aliphatic carbocycles. The number of fused-ring (bicyclic) bond motifs is 1. The van der Waals surface area contributed by atoms with Crippen LogP contribution < -0.4 is 5.32 Å². The lowest BCUT2D eigenvalue weighted by atomic mass is 9.98. The monoisotopic (exact) mass is 246 g/mol. The van der Waals surface area contributed by atoms with Crippen LogP contribution in [0.2, 0.25) is 0 Å². The molecule has 94 valence electrons. The molecule has 0 bridgehead atoms. The molecule has 0 atom stereocenters. The van der Waals surface area contributed by atoms with Gasteiger partial charge in [-0.3, -0.25) is 0 Å². The van der Waals surface area contributed by atoms with Gasteiger partial charge in [0.2, 0.25) is 0 Å². The molecule has 3 rings (SSSR count). The third-order valence-electron chi connectivity index (χ3n) is 3.35. The number of carboxylic acid groups (broad SMARTS) is 1. The number of aromatic nitrogens is 1. The number of piperidine rings is 1. The quantitative estimate of drug-likeness (QED) is 0.847. The van der Waals surface area contributed by atoms with Crippen molar-refractivity contribution in [3.8, 4) is 0 Å². The normalized spacial score (nSPS) is 17.1. The molecule has 0 unspecified atom stereocenters. The van der Waals surface area contributed by atoms with Gasteiger partial charge < -0.3 is 14.8 Å². The largest absolute Gasteiger partial charge is 0.478 e. The lowest BCUT2D eigenvalue weighted by molar-refractivity contribution is 0.0697. The standard InChI is InChI=1S/C13H14N2O3/c16-13(17)9-2-1-3-10-11(9)18-12(15-10)8-4-6-14-7-5-8/h1-3,8,14H,4-7H2,(H,16,17). The van der Waals surface area contributed by atoms with Crippen LogP contribution in [0, 0.1) is 0 Å². The van der Waals surface area contributed by atoms with Crippen LogP contribution in [0.4, 0.5) is 0 Å². The van der Waals surface area contributed by atoms with Crippen molar-refractivity contribution in [1.29, 1.82) is 0 Å². The molecule has 0 radical (unpaired) electrons. The predicted octanol–water partition coefficient (Wildman–Crippen LogP) is 1.99. The average Bonchev–Trinajstić information content (AvgIpc) is 2.83. The van der Waals surface area contributed by atoms with Gasteiger partial charge in [-0.05, 0) is 38.1 Å². The number of aromatic carboxylic acids is 1. The first-order valence-electron chi connectivity index (χ1n) is 6.09. The van der Waals surface area contributed by atoms with Crippen LogP contribution in [-0.4, -0.2) is 29.1 Å². The van der Waals surface area contributed by atoms with Crippen LogP contribution in [0.3, 0.4) is 0 Å². The van der Waals surface area contributed by atoms with E-state index >= 15 is 0 Å². The maximum atomic E-state index is 11.1. The Balaban J connectivity index is 2.04. The molecule has 5 nitrogen and oxygen atoms in total. The maximum Gasteiger partial charge on any atom is 0.339 e. The molecular formula is C13H14N2O3. The second-order valence-corrected chi connectivity index (χ2v) is 4.54. The van der Waals surface area contributed by atoms with Gasteiger partial charge >= 0.3 is 5.97 Å². The van der Waals surface area contributed by atoms with Gasteiger partial charge in [0.05, 0.1) is 0 Å². The summed E-state index contributed by atoms with van der Waals surface area (Å²) in [6.07, 6.45) is 1.96. The van der Waals surface area contributed by atoms with Crippen molar-refractivity contribution in [2.75, 3.05) is 13.1 Å². The molecule has 0 spiro atoms. The number of carboxylic acids is 1. The van der Waals surface area contributed by atoms with E-state index in [0.29, 0.717) is 22.9 Å². The van der Waals surface area contributed by atoms with E-state index in [1.54, 1.807) is 18.2 Å². The van der Waals surface area contributed by atoms with Crippen LogP contribution in [0.15, 0.2) is 22.6 Å². The highest BCUT2D eigenvalue weighted by Crippen LogP contribution is 2.29. The summed E-state index contributed by atoms with van der Waals surface area (Å²) in [5.74, 6) is -0.0193. The number of nitrogens with zero attached hydrogens (tertiary/aromatic N) is 1. The predicted molar refractivity (Wildman–Crippen MR) is 65.8 cm³/mol. The van der Waals surface area contributed by atoms with E-state index in [-0.39, 0.29) is 5.56 Å². The first kappa shape index (κ1) is 11.2. The van der Waals surface area contributed by atoms with Crippen LogP contribution >= 0.6 is 0 Å². The van der Waals surface area contributed by atoms with Crippen LogP contribution in [-0.2, 0) is 0 Å². The topological polar surface area (TPSA) is 75.4 Å². The van der Waals surface area contributed by atoms with Crippen molar-refractivity contribution < 1.29 is 14.3 Å².